The van der Waals surface area contributed by atoms with Crippen molar-refractivity contribution in [3.63, 3.8) is 0 Å². The number of hydrogen-bond acceptors (Lipinski definition) is 3. The molecule has 2 rings (SSSR count). The second-order valence-corrected chi connectivity index (χ2v) is 7.93. The van der Waals surface area contributed by atoms with Crippen LogP contribution in [0, 0.1) is 11.8 Å². The molecular weight excluding hydrogens is 284 g/mol. The fourth-order valence-electron chi connectivity index (χ4n) is 2.94. The van der Waals surface area contributed by atoms with Crippen LogP contribution in [0.1, 0.15) is 51.1 Å². The molecule has 21 heavy (non-hydrogen) atoms. The average molecular weight is 310 g/mol. The van der Waals surface area contributed by atoms with Gasteiger partial charge in [-0.25, -0.2) is 13.6 Å². The number of hydrogen-bond donors (Lipinski definition) is 2. The van der Waals surface area contributed by atoms with E-state index >= 15 is 0 Å². The molecular formula is C16H26N2O2S. The largest absolute Gasteiger partial charge is 0.310 e. The summed E-state index contributed by atoms with van der Waals surface area (Å²) in [5.74, 6) is 1.65. The van der Waals surface area contributed by atoms with Crippen LogP contribution in [-0.4, -0.2) is 15.0 Å². The molecule has 0 spiro atoms. The summed E-state index contributed by atoms with van der Waals surface area (Å²) < 4.78 is 22.5. The number of rotatable bonds is 5. The maximum atomic E-state index is 11.2. The Balaban J connectivity index is 1.87. The van der Waals surface area contributed by atoms with Gasteiger partial charge in [-0.15, -0.1) is 0 Å². The first-order valence-electron chi connectivity index (χ1n) is 7.72. The Hall–Kier alpha value is -0.910. The Morgan fingerprint density at radius 3 is 2.29 bits per heavy atom. The molecule has 1 aromatic rings. The zero-order valence-corrected chi connectivity index (χ0v) is 13.7. The molecule has 0 radical (unpaired) electrons. The molecule has 1 atom stereocenters. The van der Waals surface area contributed by atoms with Gasteiger partial charge in [0.1, 0.15) is 0 Å². The number of sulfonamides is 1. The van der Waals surface area contributed by atoms with Gasteiger partial charge >= 0.3 is 0 Å². The lowest BCUT2D eigenvalue weighted by atomic mass is 9.83. The highest BCUT2D eigenvalue weighted by Crippen LogP contribution is 2.28. The van der Waals surface area contributed by atoms with Gasteiger partial charge in [0.2, 0.25) is 10.0 Å². The second-order valence-electron chi connectivity index (χ2n) is 6.37. The summed E-state index contributed by atoms with van der Waals surface area (Å²) in [7, 11) is -3.60. The molecule has 1 saturated carbocycles. The maximum Gasteiger partial charge on any atom is 0.238 e. The zero-order chi connectivity index (χ0) is 15.5. The first-order valence-corrected chi connectivity index (χ1v) is 9.27. The Kier molecular flexibility index (Phi) is 5.41. The Labute approximate surface area is 128 Å². The zero-order valence-electron chi connectivity index (χ0n) is 12.9. The van der Waals surface area contributed by atoms with Crippen LogP contribution in [0.15, 0.2) is 29.2 Å². The standard InChI is InChI=1S/C16H26N2O2S/c1-12-3-5-14(6-4-12)11-18-13(2)15-7-9-16(10-8-15)21(17,19)20/h7-10,12-14,18H,3-6,11H2,1-2H3,(H2,17,19,20). The van der Waals surface area contributed by atoms with Crippen molar-refractivity contribution in [2.45, 2.75) is 50.5 Å². The smallest absolute Gasteiger partial charge is 0.238 e. The van der Waals surface area contributed by atoms with Gasteiger partial charge in [0.25, 0.3) is 0 Å². The second kappa shape index (κ2) is 6.90. The first-order chi connectivity index (χ1) is 9.86. The van der Waals surface area contributed by atoms with Crippen LogP contribution in [-0.2, 0) is 10.0 Å². The van der Waals surface area contributed by atoms with Crippen molar-refractivity contribution in [2.24, 2.45) is 17.0 Å². The summed E-state index contributed by atoms with van der Waals surface area (Å²) in [5, 5.41) is 8.67. The van der Waals surface area contributed by atoms with Gasteiger partial charge in [-0.05, 0) is 55.8 Å². The maximum absolute atomic E-state index is 11.2. The average Bonchev–Trinajstić information content (AvgIpc) is 2.45. The highest BCUT2D eigenvalue weighted by atomic mass is 32.2. The molecule has 3 N–H and O–H groups in total. The van der Waals surface area contributed by atoms with Crippen LogP contribution in [0.5, 0.6) is 0 Å². The highest BCUT2D eigenvalue weighted by Gasteiger charge is 2.18. The SMILES string of the molecule is CC1CCC(CNC(C)c2ccc(S(N)(=O)=O)cc2)CC1. The molecule has 1 aromatic carbocycles. The molecule has 4 nitrogen and oxygen atoms in total. The minimum absolute atomic E-state index is 0.166. The van der Waals surface area contributed by atoms with E-state index in [-0.39, 0.29) is 10.9 Å². The molecule has 0 bridgehead atoms. The molecule has 5 heteroatoms. The summed E-state index contributed by atoms with van der Waals surface area (Å²) in [4.78, 5) is 0.166. The predicted octanol–water partition coefficient (Wildman–Crippen LogP) is 2.81. The van der Waals surface area contributed by atoms with Crippen LogP contribution in [0.4, 0.5) is 0 Å². The molecule has 1 aliphatic rings. The third kappa shape index (κ3) is 4.80. The van der Waals surface area contributed by atoms with Crippen molar-refractivity contribution in [1.29, 1.82) is 0 Å². The third-order valence-corrected chi connectivity index (χ3v) is 5.49. The van der Waals surface area contributed by atoms with Crippen LogP contribution in [0.3, 0.4) is 0 Å². The minimum Gasteiger partial charge on any atom is -0.310 e. The van der Waals surface area contributed by atoms with E-state index in [2.05, 4.69) is 19.2 Å². The van der Waals surface area contributed by atoms with E-state index in [9.17, 15) is 8.42 Å². The van der Waals surface area contributed by atoms with Crippen molar-refractivity contribution >= 4 is 10.0 Å². The monoisotopic (exact) mass is 310 g/mol. The molecule has 1 unspecified atom stereocenters. The predicted molar refractivity (Wildman–Crippen MR) is 85.4 cm³/mol. The van der Waals surface area contributed by atoms with Crippen molar-refractivity contribution in [3.8, 4) is 0 Å². The first kappa shape index (κ1) is 16.5. The Morgan fingerprint density at radius 1 is 1.19 bits per heavy atom. The van der Waals surface area contributed by atoms with Crippen molar-refractivity contribution in [2.75, 3.05) is 6.54 Å². The number of nitrogens with two attached hydrogens (primary N) is 1. The molecule has 1 aliphatic carbocycles. The molecule has 0 amide bonds. The van der Waals surface area contributed by atoms with Crippen molar-refractivity contribution in [1.82, 2.24) is 5.32 Å². The lowest BCUT2D eigenvalue weighted by molar-refractivity contribution is 0.276. The van der Waals surface area contributed by atoms with Crippen LogP contribution < -0.4 is 10.5 Å². The molecule has 118 valence electrons. The van der Waals surface area contributed by atoms with E-state index in [4.69, 9.17) is 5.14 Å². The highest BCUT2D eigenvalue weighted by molar-refractivity contribution is 7.89. The number of benzene rings is 1. The molecule has 0 heterocycles. The van der Waals surface area contributed by atoms with E-state index in [0.29, 0.717) is 0 Å². The minimum atomic E-state index is -3.60. The third-order valence-electron chi connectivity index (χ3n) is 4.56. The normalized spacial score (nSPS) is 24.7. The lowest BCUT2D eigenvalue weighted by Crippen LogP contribution is -2.28. The summed E-state index contributed by atoms with van der Waals surface area (Å²) in [5.41, 5.74) is 1.09. The van der Waals surface area contributed by atoms with Crippen LogP contribution in [0.25, 0.3) is 0 Å². The lowest BCUT2D eigenvalue weighted by Gasteiger charge is -2.27. The summed E-state index contributed by atoms with van der Waals surface area (Å²) in [6.45, 7) is 5.47. The molecule has 0 aromatic heterocycles. The van der Waals surface area contributed by atoms with Crippen LogP contribution in [0.2, 0.25) is 0 Å². The topological polar surface area (TPSA) is 72.2 Å². The Morgan fingerprint density at radius 2 is 1.76 bits per heavy atom. The van der Waals surface area contributed by atoms with Crippen LogP contribution >= 0.6 is 0 Å². The molecule has 1 fully saturated rings. The van der Waals surface area contributed by atoms with E-state index in [0.717, 1.165) is 23.9 Å². The van der Waals surface area contributed by atoms with Crippen molar-refractivity contribution in [3.05, 3.63) is 29.8 Å². The quantitative estimate of drug-likeness (QED) is 0.878. The van der Waals surface area contributed by atoms with E-state index in [1.807, 2.05) is 12.1 Å². The van der Waals surface area contributed by atoms with Gasteiger partial charge in [0.15, 0.2) is 0 Å². The summed E-state index contributed by atoms with van der Waals surface area (Å²) >= 11 is 0. The fourth-order valence-corrected chi connectivity index (χ4v) is 3.46. The van der Waals surface area contributed by atoms with Gasteiger partial charge < -0.3 is 5.32 Å². The van der Waals surface area contributed by atoms with Gasteiger partial charge in [-0.2, -0.15) is 0 Å². The van der Waals surface area contributed by atoms with Gasteiger partial charge in [0.05, 0.1) is 4.90 Å². The van der Waals surface area contributed by atoms with Gasteiger partial charge in [0, 0.05) is 6.04 Å². The van der Waals surface area contributed by atoms with E-state index in [1.165, 1.54) is 25.7 Å². The number of primary sulfonamides is 1. The Bertz CT molecular complexity index is 546. The number of nitrogens with one attached hydrogen (secondary N) is 1. The molecule has 0 aliphatic heterocycles. The van der Waals surface area contributed by atoms with Gasteiger partial charge in [-0.1, -0.05) is 31.9 Å². The summed E-state index contributed by atoms with van der Waals surface area (Å²) in [6, 6.07) is 7.04. The summed E-state index contributed by atoms with van der Waals surface area (Å²) in [6.07, 6.45) is 5.30. The van der Waals surface area contributed by atoms with Gasteiger partial charge in [-0.3, -0.25) is 0 Å². The van der Waals surface area contributed by atoms with E-state index in [1.54, 1.807) is 12.1 Å². The fraction of sp³-hybridized carbons (Fsp3) is 0.625. The van der Waals surface area contributed by atoms with Crippen molar-refractivity contribution < 1.29 is 8.42 Å². The van der Waals surface area contributed by atoms with E-state index < -0.39 is 10.0 Å². The molecule has 0 saturated heterocycles.